The molecule has 2 aromatic rings. The second-order valence-electron chi connectivity index (χ2n) is 5.56. The molecule has 23 heavy (non-hydrogen) atoms. The standard InChI is InChI=1S/C18H17BrClNO2/c19-15-7-8-17(16(20)11-15)23-12-13-3-5-14(6-4-13)18(22)21-9-1-2-10-21/h3-8,11H,1-2,9-10,12H2. The molecule has 0 N–H and O–H groups in total. The van der Waals surface area contributed by atoms with Gasteiger partial charge < -0.3 is 9.64 Å². The van der Waals surface area contributed by atoms with Gasteiger partial charge in [-0.05, 0) is 48.7 Å². The molecule has 1 fully saturated rings. The van der Waals surface area contributed by atoms with Crippen LogP contribution in [0.2, 0.25) is 5.02 Å². The highest BCUT2D eigenvalue weighted by Gasteiger charge is 2.19. The average Bonchev–Trinajstić information content (AvgIpc) is 3.08. The third-order valence-corrected chi connectivity index (χ3v) is 4.67. The maximum absolute atomic E-state index is 12.3. The summed E-state index contributed by atoms with van der Waals surface area (Å²) < 4.78 is 6.65. The minimum Gasteiger partial charge on any atom is -0.487 e. The van der Waals surface area contributed by atoms with Gasteiger partial charge in [0.05, 0.1) is 5.02 Å². The first-order valence-corrected chi connectivity index (χ1v) is 8.76. The Kier molecular flexibility index (Phi) is 5.23. The SMILES string of the molecule is O=C(c1ccc(COc2ccc(Br)cc2Cl)cc1)N1CCCC1. The van der Waals surface area contributed by atoms with Crippen LogP contribution in [-0.2, 0) is 6.61 Å². The number of hydrogen-bond acceptors (Lipinski definition) is 2. The van der Waals surface area contributed by atoms with E-state index in [2.05, 4.69) is 15.9 Å². The van der Waals surface area contributed by atoms with Crippen LogP contribution in [0.15, 0.2) is 46.9 Å². The Balaban J connectivity index is 1.62. The Morgan fingerprint density at radius 2 is 1.83 bits per heavy atom. The summed E-state index contributed by atoms with van der Waals surface area (Å²) in [6.45, 7) is 2.15. The molecule has 120 valence electrons. The molecule has 0 atom stereocenters. The van der Waals surface area contributed by atoms with Gasteiger partial charge in [0.2, 0.25) is 0 Å². The molecule has 0 aromatic heterocycles. The van der Waals surface area contributed by atoms with E-state index in [0.717, 1.165) is 41.5 Å². The normalized spacial score (nSPS) is 14.1. The number of halogens is 2. The summed E-state index contributed by atoms with van der Waals surface area (Å²) in [5, 5.41) is 0.570. The van der Waals surface area contributed by atoms with E-state index in [1.54, 1.807) is 6.07 Å². The molecule has 5 heteroatoms. The lowest BCUT2D eigenvalue weighted by molar-refractivity contribution is 0.0793. The van der Waals surface area contributed by atoms with Crippen LogP contribution in [0.3, 0.4) is 0 Å². The molecule has 0 spiro atoms. The van der Waals surface area contributed by atoms with Crippen molar-refractivity contribution in [2.24, 2.45) is 0 Å². The van der Waals surface area contributed by atoms with Gasteiger partial charge in [0, 0.05) is 23.1 Å². The lowest BCUT2D eigenvalue weighted by Gasteiger charge is -2.15. The first kappa shape index (κ1) is 16.3. The number of hydrogen-bond donors (Lipinski definition) is 0. The van der Waals surface area contributed by atoms with Gasteiger partial charge in [0.1, 0.15) is 12.4 Å². The summed E-state index contributed by atoms with van der Waals surface area (Å²) in [6, 6.07) is 13.1. The molecule has 0 saturated carbocycles. The Morgan fingerprint density at radius 3 is 2.48 bits per heavy atom. The molecule has 0 aliphatic carbocycles. The Bertz CT molecular complexity index is 697. The molecule has 1 saturated heterocycles. The van der Waals surface area contributed by atoms with Crippen molar-refractivity contribution >= 4 is 33.4 Å². The van der Waals surface area contributed by atoms with Crippen molar-refractivity contribution in [2.75, 3.05) is 13.1 Å². The van der Waals surface area contributed by atoms with E-state index in [0.29, 0.717) is 17.4 Å². The number of rotatable bonds is 4. The molecular formula is C18H17BrClNO2. The molecule has 1 aliphatic rings. The monoisotopic (exact) mass is 393 g/mol. The van der Waals surface area contributed by atoms with Crippen molar-refractivity contribution in [3.8, 4) is 5.75 Å². The number of carbonyl (C=O) groups is 1. The molecule has 1 amide bonds. The lowest BCUT2D eigenvalue weighted by Crippen LogP contribution is -2.27. The minimum absolute atomic E-state index is 0.117. The number of benzene rings is 2. The molecule has 3 rings (SSSR count). The molecule has 2 aromatic carbocycles. The highest BCUT2D eigenvalue weighted by molar-refractivity contribution is 9.10. The summed E-state index contributed by atoms with van der Waals surface area (Å²) >= 11 is 9.50. The second-order valence-corrected chi connectivity index (χ2v) is 6.88. The van der Waals surface area contributed by atoms with Crippen LogP contribution in [-0.4, -0.2) is 23.9 Å². The van der Waals surface area contributed by atoms with Gasteiger partial charge in [-0.15, -0.1) is 0 Å². The molecular weight excluding hydrogens is 378 g/mol. The van der Waals surface area contributed by atoms with Gasteiger partial charge in [0.25, 0.3) is 5.91 Å². The maximum Gasteiger partial charge on any atom is 0.253 e. The Morgan fingerprint density at radius 1 is 1.13 bits per heavy atom. The predicted molar refractivity (Wildman–Crippen MR) is 95.1 cm³/mol. The number of nitrogens with zero attached hydrogens (tertiary/aromatic N) is 1. The summed E-state index contributed by atoms with van der Waals surface area (Å²) in [4.78, 5) is 14.2. The summed E-state index contributed by atoms with van der Waals surface area (Å²) in [7, 11) is 0. The first-order valence-electron chi connectivity index (χ1n) is 7.59. The highest BCUT2D eigenvalue weighted by atomic mass is 79.9. The van der Waals surface area contributed by atoms with Crippen molar-refractivity contribution < 1.29 is 9.53 Å². The first-order chi connectivity index (χ1) is 11.1. The number of likely N-dealkylation sites (tertiary alicyclic amines) is 1. The zero-order chi connectivity index (χ0) is 16.2. The zero-order valence-corrected chi connectivity index (χ0v) is 14.9. The zero-order valence-electron chi connectivity index (χ0n) is 12.6. The van der Waals surface area contributed by atoms with Crippen LogP contribution in [0.4, 0.5) is 0 Å². The lowest BCUT2D eigenvalue weighted by atomic mass is 10.1. The van der Waals surface area contributed by atoms with Crippen LogP contribution >= 0.6 is 27.5 Å². The predicted octanol–water partition coefficient (Wildman–Crippen LogP) is 4.92. The van der Waals surface area contributed by atoms with Gasteiger partial charge in [0.15, 0.2) is 0 Å². The van der Waals surface area contributed by atoms with Crippen LogP contribution in [0.1, 0.15) is 28.8 Å². The second kappa shape index (κ2) is 7.37. The van der Waals surface area contributed by atoms with Crippen molar-refractivity contribution in [3.63, 3.8) is 0 Å². The summed E-state index contributed by atoms with van der Waals surface area (Å²) in [5.74, 6) is 0.762. The van der Waals surface area contributed by atoms with Crippen LogP contribution < -0.4 is 4.74 Å². The largest absolute Gasteiger partial charge is 0.487 e. The van der Waals surface area contributed by atoms with E-state index in [-0.39, 0.29) is 5.91 Å². The Hall–Kier alpha value is -1.52. The van der Waals surface area contributed by atoms with E-state index in [4.69, 9.17) is 16.3 Å². The topological polar surface area (TPSA) is 29.5 Å². The van der Waals surface area contributed by atoms with Crippen LogP contribution in [0, 0.1) is 0 Å². The molecule has 1 aliphatic heterocycles. The molecule has 0 unspecified atom stereocenters. The van der Waals surface area contributed by atoms with Gasteiger partial charge >= 0.3 is 0 Å². The average molecular weight is 395 g/mol. The summed E-state index contributed by atoms with van der Waals surface area (Å²) in [5.41, 5.74) is 1.74. The van der Waals surface area contributed by atoms with E-state index >= 15 is 0 Å². The van der Waals surface area contributed by atoms with Crippen molar-refractivity contribution in [1.82, 2.24) is 4.90 Å². The fourth-order valence-electron chi connectivity index (χ4n) is 2.60. The molecule has 1 heterocycles. The van der Waals surface area contributed by atoms with Crippen LogP contribution in [0.25, 0.3) is 0 Å². The Labute approximate surface area is 149 Å². The summed E-state index contributed by atoms with van der Waals surface area (Å²) in [6.07, 6.45) is 2.21. The van der Waals surface area contributed by atoms with E-state index in [9.17, 15) is 4.79 Å². The molecule has 0 bridgehead atoms. The van der Waals surface area contributed by atoms with Crippen molar-refractivity contribution in [3.05, 3.63) is 63.1 Å². The number of ether oxygens (including phenoxy) is 1. The van der Waals surface area contributed by atoms with Gasteiger partial charge in [-0.3, -0.25) is 4.79 Å². The quantitative estimate of drug-likeness (QED) is 0.737. The van der Waals surface area contributed by atoms with Crippen molar-refractivity contribution in [2.45, 2.75) is 19.4 Å². The number of amides is 1. The van der Waals surface area contributed by atoms with Crippen molar-refractivity contribution in [1.29, 1.82) is 0 Å². The van der Waals surface area contributed by atoms with E-state index in [1.165, 1.54) is 0 Å². The fraction of sp³-hybridized carbons (Fsp3) is 0.278. The molecule has 3 nitrogen and oxygen atoms in total. The van der Waals surface area contributed by atoms with Gasteiger partial charge in [-0.25, -0.2) is 0 Å². The maximum atomic E-state index is 12.3. The smallest absolute Gasteiger partial charge is 0.253 e. The highest BCUT2D eigenvalue weighted by Crippen LogP contribution is 2.28. The number of carbonyl (C=O) groups excluding carboxylic acids is 1. The third-order valence-electron chi connectivity index (χ3n) is 3.88. The van der Waals surface area contributed by atoms with E-state index < -0.39 is 0 Å². The molecule has 0 radical (unpaired) electrons. The van der Waals surface area contributed by atoms with Gasteiger partial charge in [-0.1, -0.05) is 39.7 Å². The minimum atomic E-state index is 0.117. The van der Waals surface area contributed by atoms with Gasteiger partial charge in [-0.2, -0.15) is 0 Å². The van der Waals surface area contributed by atoms with Crippen LogP contribution in [0.5, 0.6) is 5.75 Å². The van der Waals surface area contributed by atoms with E-state index in [1.807, 2.05) is 41.3 Å². The third kappa shape index (κ3) is 4.06. The fourth-order valence-corrected chi connectivity index (χ4v) is 3.33.